The highest BCUT2D eigenvalue weighted by molar-refractivity contribution is 9.10. The number of aryl methyl sites for hydroxylation is 1. The molecule has 1 aromatic carbocycles. The van der Waals surface area contributed by atoms with Gasteiger partial charge in [0, 0.05) is 10.5 Å². The molecule has 1 unspecified atom stereocenters. The van der Waals surface area contributed by atoms with Crippen LogP contribution in [0.25, 0.3) is 0 Å². The van der Waals surface area contributed by atoms with Crippen LogP contribution in [-0.2, 0) is 6.42 Å². The molecule has 1 saturated heterocycles. The summed E-state index contributed by atoms with van der Waals surface area (Å²) in [6.07, 6.45) is 3.83. The van der Waals surface area contributed by atoms with Gasteiger partial charge in [0.05, 0.1) is 0 Å². The quantitative estimate of drug-likeness (QED) is 0.867. The SMILES string of the molecule is Cc1cc(Br)c(C)c(CC2CCCN2)c1. The van der Waals surface area contributed by atoms with Gasteiger partial charge in [-0.1, -0.05) is 22.0 Å². The van der Waals surface area contributed by atoms with Crippen molar-refractivity contribution in [1.29, 1.82) is 0 Å². The van der Waals surface area contributed by atoms with E-state index in [2.05, 4.69) is 47.2 Å². The van der Waals surface area contributed by atoms with Crippen LogP contribution in [0.4, 0.5) is 0 Å². The molecule has 1 aromatic rings. The minimum Gasteiger partial charge on any atom is -0.314 e. The number of rotatable bonds is 2. The lowest BCUT2D eigenvalue weighted by Gasteiger charge is -2.14. The zero-order chi connectivity index (χ0) is 10.8. The Hall–Kier alpha value is -0.340. The van der Waals surface area contributed by atoms with Crippen LogP contribution in [-0.4, -0.2) is 12.6 Å². The van der Waals surface area contributed by atoms with Gasteiger partial charge >= 0.3 is 0 Å². The maximum atomic E-state index is 3.63. The van der Waals surface area contributed by atoms with Crippen molar-refractivity contribution < 1.29 is 0 Å². The fourth-order valence-electron chi connectivity index (χ4n) is 2.29. The molecule has 82 valence electrons. The van der Waals surface area contributed by atoms with E-state index < -0.39 is 0 Å². The molecule has 0 saturated carbocycles. The van der Waals surface area contributed by atoms with E-state index in [1.54, 1.807) is 0 Å². The number of hydrogen-bond acceptors (Lipinski definition) is 1. The Morgan fingerprint density at radius 2 is 2.20 bits per heavy atom. The lowest BCUT2D eigenvalue weighted by atomic mass is 9.98. The van der Waals surface area contributed by atoms with E-state index in [1.807, 2.05) is 0 Å². The summed E-state index contributed by atoms with van der Waals surface area (Å²) in [6.45, 7) is 5.56. The molecule has 1 nitrogen and oxygen atoms in total. The first-order valence-corrected chi connectivity index (χ1v) is 6.45. The first-order chi connectivity index (χ1) is 7.16. The second kappa shape index (κ2) is 4.67. The van der Waals surface area contributed by atoms with Crippen molar-refractivity contribution in [3.8, 4) is 0 Å². The molecule has 2 rings (SSSR count). The summed E-state index contributed by atoms with van der Waals surface area (Å²) in [4.78, 5) is 0. The Bertz CT molecular complexity index is 354. The van der Waals surface area contributed by atoms with Gasteiger partial charge < -0.3 is 5.32 Å². The molecule has 0 aromatic heterocycles. The molecule has 15 heavy (non-hydrogen) atoms. The molecule has 0 radical (unpaired) electrons. The van der Waals surface area contributed by atoms with Gasteiger partial charge in [0.15, 0.2) is 0 Å². The van der Waals surface area contributed by atoms with E-state index >= 15 is 0 Å². The Morgan fingerprint density at radius 1 is 1.40 bits per heavy atom. The zero-order valence-corrected chi connectivity index (χ0v) is 11.0. The molecule has 0 spiro atoms. The van der Waals surface area contributed by atoms with Crippen LogP contribution in [0, 0.1) is 13.8 Å². The van der Waals surface area contributed by atoms with Gasteiger partial charge in [-0.3, -0.25) is 0 Å². The van der Waals surface area contributed by atoms with Crippen molar-refractivity contribution in [2.24, 2.45) is 0 Å². The normalized spacial score (nSPS) is 20.9. The van der Waals surface area contributed by atoms with Gasteiger partial charge in [-0.25, -0.2) is 0 Å². The highest BCUT2D eigenvalue weighted by Gasteiger charge is 2.16. The summed E-state index contributed by atoms with van der Waals surface area (Å²) >= 11 is 3.63. The Labute approximate surface area is 100 Å². The summed E-state index contributed by atoms with van der Waals surface area (Å²) in [7, 11) is 0. The van der Waals surface area contributed by atoms with E-state index in [-0.39, 0.29) is 0 Å². The summed E-state index contributed by atoms with van der Waals surface area (Å²) < 4.78 is 1.25. The maximum Gasteiger partial charge on any atom is 0.0209 e. The number of halogens is 1. The second-order valence-corrected chi connectivity index (χ2v) is 5.38. The molecule has 1 atom stereocenters. The second-order valence-electron chi connectivity index (χ2n) is 4.53. The standard InChI is InChI=1S/C13H18BrN/c1-9-6-11(10(2)13(14)7-9)8-12-4-3-5-15-12/h6-7,12,15H,3-5,8H2,1-2H3. The van der Waals surface area contributed by atoms with Gasteiger partial charge in [0.25, 0.3) is 0 Å². The third-order valence-corrected chi connectivity index (χ3v) is 4.05. The first-order valence-electron chi connectivity index (χ1n) is 5.66. The largest absolute Gasteiger partial charge is 0.314 e. The van der Waals surface area contributed by atoms with E-state index in [0.717, 1.165) is 0 Å². The fraction of sp³-hybridized carbons (Fsp3) is 0.538. The van der Waals surface area contributed by atoms with E-state index in [4.69, 9.17) is 0 Å². The average molecular weight is 268 g/mol. The Morgan fingerprint density at radius 3 is 2.87 bits per heavy atom. The molecular formula is C13H18BrN. The molecule has 0 bridgehead atoms. The monoisotopic (exact) mass is 267 g/mol. The molecule has 0 aliphatic carbocycles. The lowest BCUT2D eigenvalue weighted by Crippen LogP contribution is -2.24. The highest BCUT2D eigenvalue weighted by atomic mass is 79.9. The molecule has 2 heteroatoms. The van der Waals surface area contributed by atoms with E-state index in [0.29, 0.717) is 6.04 Å². The van der Waals surface area contributed by atoms with Crippen LogP contribution < -0.4 is 5.32 Å². The van der Waals surface area contributed by atoms with Crippen molar-refractivity contribution in [3.05, 3.63) is 33.3 Å². The molecular weight excluding hydrogens is 250 g/mol. The zero-order valence-electron chi connectivity index (χ0n) is 9.44. The fourth-order valence-corrected chi connectivity index (χ4v) is 2.91. The van der Waals surface area contributed by atoms with Crippen LogP contribution in [0.3, 0.4) is 0 Å². The summed E-state index contributed by atoms with van der Waals surface area (Å²) in [6, 6.07) is 5.21. The molecule has 1 aliphatic heterocycles. The highest BCUT2D eigenvalue weighted by Crippen LogP contribution is 2.24. The maximum absolute atomic E-state index is 3.63. The summed E-state index contributed by atoms with van der Waals surface area (Å²) in [5.41, 5.74) is 4.23. The lowest BCUT2D eigenvalue weighted by molar-refractivity contribution is 0.601. The minimum absolute atomic E-state index is 0.692. The molecule has 1 fully saturated rings. The summed E-state index contributed by atoms with van der Waals surface area (Å²) in [5.74, 6) is 0. The van der Waals surface area contributed by atoms with Crippen LogP contribution in [0.1, 0.15) is 29.5 Å². The smallest absolute Gasteiger partial charge is 0.0209 e. The van der Waals surface area contributed by atoms with Crippen molar-refractivity contribution in [3.63, 3.8) is 0 Å². The van der Waals surface area contributed by atoms with Crippen molar-refractivity contribution >= 4 is 15.9 Å². The predicted octanol–water partition coefficient (Wildman–Crippen LogP) is 3.36. The molecule has 1 heterocycles. The van der Waals surface area contributed by atoms with Gasteiger partial charge in [0.1, 0.15) is 0 Å². The van der Waals surface area contributed by atoms with Gasteiger partial charge in [0.2, 0.25) is 0 Å². The van der Waals surface area contributed by atoms with E-state index in [1.165, 1.54) is 47.0 Å². The van der Waals surface area contributed by atoms with Crippen molar-refractivity contribution in [2.75, 3.05) is 6.54 Å². The number of hydrogen-bond donors (Lipinski definition) is 1. The van der Waals surface area contributed by atoms with Crippen molar-refractivity contribution in [1.82, 2.24) is 5.32 Å². The Balaban J connectivity index is 2.19. The predicted molar refractivity (Wildman–Crippen MR) is 68.3 cm³/mol. The van der Waals surface area contributed by atoms with Crippen molar-refractivity contribution in [2.45, 2.75) is 39.2 Å². The van der Waals surface area contributed by atoms with Crippen LogP contribution in [0.5, 0.6) is 0 Å². The third kappa shape index (κ3) is 2.61. The Kier molecular flexibility index (Phi) is 3.47. The van der Waals surface area contributed by atoms with E-state index in [9.17, 15) is 0 Å². The first kappa shape index (κ1) is 11.2. The summed E-state index contributed by atoms with van der Waals surface area (Å²) in [5, 5.41) is 3.56. The van der Waals surface area contributed by atoms with Gasteiger partial charge in [-0.05, 0) is 62.4 Å². The molecule has 1 aliphatic rings. The topological polar surface area (TPSA) is 12.0 Å². The van der Waals surface area contributed by atoms with Gasteiger partial charge in [-0.15, -0.1) is 0 Å². The minimum atomic E-state index is 0.692. The van der Waals surface area contributed by atoms with Crippen LogP contribution in [0.2, 0.25) is 0 Å². The molecule has 1 N–H and O–H groups in total. The molecule has 0 amide bonds. The average Bonchev–Trinajstić information content (AvgIpc) is 2.66. The van der Waals surface area contributed by atoms with Crippen LogP contribution >= 0.6 is 15.9 Å². The third-order valence-electron chi connectivity index (χ3n) is 3.22. The number of benzene rings is 1. The van der Waals surface area contributed by atoms with Crippen LogP contribution in [0.15, 0.2) is 16.6 Å². The number of nitrogens with one attached hydrogen (secondary N) is 1. The van der Waals surface area contributed by atoms with Gasteiger partial charge in [-0.2, -0.15) is 0 Å².